The summed E-state index contributed by atoms with van der Waals surface area (Å²) in [5, 5.41) is 22.7. The van der Waals surface area contributed by atoms with Gasteiger partial charge in [-0.2, -0.15) is 9.36 Å². The average molecular weight is 1400 g/mol. The van der Waals surface area contributed by atoms with E-state index in [9.17, 15) is 9.59 Å². The summed E-state index contributed by atoms with van der Waals surface area (Å²) >= 11 is 0. The third-order valence-electron chi connectivity index (χ3n) is 17.8. The molecule has 0 spiro atoms. The molecule has 8 atom stereocenters. The lowest BCUT2D eigenvalue weighted by molar-refractivity contribution is -0.0981. The van der Waals surface area contributed by atoms with Crippen LogP contribution in [0.5, 0.6) is 23.0 Å². The predicted molar refractivity (Wildman–Crippen MR) is 367 cm³/mol. The standard InChI is InChI=1S/C74H63F2N12O13P/c1-92-53-33-25-49(26-34-53)73(47-21-13-7-14-22-47,50-27-35-54(93-2)36-28-50)96-41-57-63(59(75)71(98-57)87-67-61(83-85-87)65(77-43-79-67)81-69(89)45-17-9-5-10-18-45)100-102(91)101-64-58(99-72(60(64)76)88-68-62(84-86-88)66(78-44-80-68)82-70(90)46-19-11-6-12-20-46)42-97-74(48-23-15-8-16-24-48,51-29-37-55(94-3)38-30-51)52-31-39-56(95-4)40-32-52/h5-40,43-44,57-60,63-64,71-72H,41-42H2,1-4H3,(H-,77,78,79,80,81,82,85,86,89,90)/p+1/t57-,58-,59+,60+,63-,64-,71-,72-/m1/s1. The minimum atomic E-state index is -3.66. The van der Waals surface area contributed by atoms with Crippen molar-refractivity contribution in [3.8, 4) is 23.0 Å². The quantitative estimate of drug-likeness (QED) is 0.0376. The second-order valence-electron chi connectivity index (χ2n) is 23.5. The Morgan fingerprint density at radius 3 is 1.06 bits per heavy atom. The van der Waals surface area contributed by atoms with Crippen molar-refractivity contribution in [1.82, 2.24) is 49.9 Å². The highest BCUT2D eigenvalue weighted by molar-refractivity contribution is 7.33. The van der Waals surface area contributed by atoms with Gasteiger partial charge in [0.25, 0.3) is 11.8 Å². The number of benzene rings is 8. The van der Waals surface area contributed by atoms with E-state index in [0.717, 1.165) is 22.0 Å². The molecule has 12 aromatic rings. The van der Waals surface area contributed by atoms with Crippen LogP contribution < -0.4 is 29.6 Å². The zero-order valence-electron chi connectivity index (χ0n) is 55.0. The summed E-state index contributed by atoms with van der Waals surface area (Å²) in [5.41, 5.74) is 1.10. The van der Waals surface area contributed by atoms with E-state index in [4.69, 9.17) is 46.9 Å². The van der Waals surface area contributed by atoms with Gasteiger partial charge in [0, 0.05) is 15.7 Å². The Labute approximate surface area is 582 Å². The van der Waals surface area contributed by atoms with Crippen molar-refractivity contribution in [1.29, 1.82) is 0 Å². The zero-order chi connectivity index (χ0) is 70.3. The number of anilines is 2. The van der Waals surface area contributed by atoms with Gasteiger partial charge < -0.3 is 48.5 Å². The van der Waals surface area contributed by atoms with Gasteiger partial charge in [0.2, 0.25) is 0 Å². The molecule has 0 unspecified atom stereocenters. The Balaban J connectivity index is 0.844. The van der Waals surface area contributed by atoms with Gasteiger partial charge in [0.05, 0.1) is 41.7 Å². The lowest BCUT2D eigenvalue weighted by Gasteiger charge is -2.37. The molecular formula is C74H64F2N12O13P+. The SMILES string of the molecule is COc1ccc(C(OC[C@H]2O[C@@H](n3nnc4c(NC(=O)c5ccccc5)ncnc43)[C@@H](F)[C@@H]2O[P+](=O)O[C@H]2[C@H](F)[C@H](n3nnc4c(NC(=O)c5ccccc5)ncnc43)O[C@@H]2COC(c2ccccc2)(c2ccc(OC)cc2)c2ccc(OC)cc2)(c2ccccc2)c2ccc(OC)cc2)cc1. The number of halogens is 2. The second-order valence-corrected chi connectivity index (χ2v) is 24.4. The summed E-state index contributed by atoms with van der Waals surface area (Å²) in [4.78, 5) is 44.4. The highest BCUT2D eigenvalue weighted by Crippen LogP contribution is 2.49. The summed E-state index contributed by atoms with van der Waals surface area (Å²) < 4.78 is 117. The average Bonchev–Trinajstić information content (AvgIpc) is 0.864. The number of fused-ring (bicyclic) bond motifs is 2. The molecule has 2 aliphatic rings. The van der Waals surface area contributed by atoms with Crippen molar-refractivity contribution in [2.24, 2.45) is 0 Å². The van der Waals surface area contributed by atoms with E-state index in [-0.39, 0.29) is 34.0 Å². The smallest absolute Gasteiger partial charge is 0.497 e. The molecule has 0 saturated carbocycles. The summed E-state index contributed by atoms with van der Waals surface area (Å²) in [7, 11) is 2.53. The van der Waals surface area contributed by atoms with Crippen LogP contribution in [-0.4, -0.2) is 140 Å². The van der Waals surface area contributed by atoms with Crippen molar-refractivity contribution < 1.29 is 69.9 Å². The maximum atomic E-state index is 18.4. The van der Waals surface area contributed by atoms with Crippen molar-refractivity contribution >= 4 is 54.0 Å². The topological polar surface area (TPSA) is 281 Å². The molecule has 2 saturated heterocycles. The van der Waals surface area contributed by atoms with Crippen LogP contribution in [0.15, 0.2) is 231 Å². The highest BCUT2D eigenvalue weighted by atomic mass is 31.1. The molecule has 6 heterocycles. The van der Waals surface area contributed by atoms with Gasteiger partial charge in [0.15, 0.2) is 71.0 Å². The minimum Gasteiger partial charge on any atom is -0.497 e. The van der Waals surface area contributed by atoms with Gasteiger partial charge in [-0.1, -0.05) is 156 Å². The number of methoxy groups -OCH3 is 4. The fourth-order valence-electron chi connectivity index (χ4n) is 12.7. The molecule has 4 aromatic heterocycles. The first kappa shape index (κ1) is 67.7. The number of nitrogens with zero attached hydrogens (tertiary/aromatic N) is 10. The summed E-state index contributed by atoms with van der Waals surface area (Å²) in [6.07, 6.45) is -12.7. The molecule has 14 rings (SSSR count). The molecule has 25 nitrogen and oxygen atoms in total. The number of rotatable bonds is 26. The van der Waals surface area contributed by atoms with E-state index < -0.39 is 93.7 Å². The zero-order valence-corrected chi connectivity index (χ0v) is 55.8. The van der Waals surface area contributed by atoms with E-state index in [2.05, 4.69) is 51.2 Å². The summed E-state index contributed by atoms with van der Waals surface area (Å²) in [5.74, 6) is 1.08. The number of hydrogen-bond donors (Lipinski definition) is 2. The van der Waals surface area contributed by atoms with Gasteiger partial charge in [-0.25, -0.2) is 28.7 Å². The predicted octanol–water partition coefficient (Wildman–Crippen LogP) is 11.9. The van der Waals surface area contributed by atoms with Crippen LogP contribution >= 0.6 is 8.25 Å². The van der Waals surface area contributed by atoms with Crippen molar-refractivity contribution in [3.63, 3.8) is 0 Å². The Bertz CT molecular complexity index is 4490. The van der Waals surface area contributed by atoms with Gasteiger partial charge >= 0.3 is 8.25 Å². The fourth-order valence-corrected chi connectivity index (χ4v) is 13.6. The van der Waals surface area contributed by atoms with Gasteiger partial charge in [0.1, 0.15) is 59.1 Å². The molecule has 0 radical (unpaired) electrons. The summed E-state index contributed by atoms with van der Waals surface area (Å²) in [6, 6.07) is 64.2. The number of ether oxygens (including phenoxy) is 8. The number of carbonyl (C=O) groups excluding carboxylic acids is 2. The highest BCUT2D eigenvalue weighted by Gasteiger charge is 2.58. The number of alkyl halides is 2. The Hall–Kier alpha value is -11.4. The monoisotopic (exact) mass is 1400 g/mol. The molecule has 2 amide bonds. The molecule has 0 bridgehead atoms. The van der Waals surface area contributed by atoms with Crippen LogP contribution in [0.25, 0.3) is 22.3 Å². The molecule has 28 heteroatoms. The van der Waals surface area contributed by atoms with E-state index in [1.165, 1.54) is 0 Å². The number of carbonyl (C=O) groups is 2. The van der Waals surface area contributed by atoms with Crippen LogP contribution in [0.3, 0.4) is 0 Å². The largest absolute Gasteiger partial charge is 0.698 e. The van der Waals surface area contributed by atoms with Gasteiger partial charge in [-0.05, 0) is 106 Å². The molecule has 2 N–H and O–H groups in total. The number of aromatic nitrogens is 10. The Morgan fingerprint density at radius 1 is 0.441 bits per heavy atom. The third kappa shape index (κ3) is 13.2. The van der Waals surface area contributed by atoms with Gasteiger partial charge in [-0.3, -0.25) is 9.59 Å². The Kier molecular flexibility index (Phi) is 19.8. The van der Waals surface area contributed by atoms with Crippen molar-refractivity contribution in [3.05, 3.63) is 276 Å². The lowest BCUT2D eigenvalue weighted by Crippen LogP contribution is -2.40. The van der Waals surface area contributed by atoms with Crippen LogP contribution in [-0.2, 0) is 43.8 Å². The summed E-state index contributed by atoms with van der Waals surface area (Å²) in [6.45, 7) is -1.02. The van der Waals surface area contributed by atoms with E-state index >= 15 is 13.3 Å². The number of amides is 2. The Morgan fingerprint density at radius 2 is 0.745 bits per heavy atom. The maximum Gasteiger partial charge on any atom is 0.698 e. The van der Waals surface area contributed by atoms with E-state index in [1.54, 1.807) is 138 Å². The number of nitrogens with one attached hydrogen (secondary N) is 2. The van der Waals surface area contributed by atoms with Crippen LogP contribution in [0.4, 0.5) is 20.4 Å². The molecule has 516 valence electrons. The first-order valence-electron chi connectivity index (χ1n) is 32.1. The first-order chi connectivity index (χ1) is 49.9. The van der Waals surface area contributed by atoms with Crippen molar-refractivity contribution in [2.45, 2.75) is 60.4 Å². The minimum absolute atomic E-state index is 0.0284. The van der Waals surface area contributed by atoms with Crippen LogP contribution in [0.1, 0.15) is 66.6 Å². The second kappa shape index (κ2) is 29.8. The molecular weight excluding hydrogens is 1330 g/mol. The third-order valence-corrected chi connectivity index (χ3v) is 18.6. The van der Waals surface area contributed by atoms with Crippen LogP contribution in [0, 0.1) is 0 Å². The van der Waals surface area contributed by atoms with Gasteiger partial charge in [-0.15, -0.1) is 19.2 Å². The van der Waals surface area contributed by atoms with Crippen molar-refractivity contribution in [2.75, 3.05) is 52.3 Å². The normalized spacial score (nSPS) is 19.1. The first-order valence-corrected chi connectivity index (χ1v) is 33.2. The molecule has 102 heavy (non-hydrogen) atoms. The lowest BCUT2D eigenvalue weighted by atomic mass is 9.80. The van der Waals surface area contributed by atoms with E-state index in [1.807, 2.05) is 109 Å². The molecule has 8 aromatic carbocycles. The molecule has 2 fully saturated rings. The maximum absolute atomic E-state index is 18.4. The van der Waals surface area contributed by atoms with E-state index in [0.29, 0.717) is 67.5 Å². The fraction of sp³-hybridized carbons (Fsp3) is 0.216. The molecule has 0 aliphatic carbocycles. The molecule has 2 aliphatic heterocycles. The van der Waals surface area contributed by atoms with Crippen LogP contribution in [0.2, 0.25) is 0 Å². The number of hydrogen-bond acceptors (Lipinski definition) is 21.